The lowest BCUT2D eigenvalue weighted by Crippen LogP contribution is -2.41. The van der Waals surface area contributed by atoms with E-state index in [1.54, 1.807) is 14.2 Å². The molecule has 27 heavy (non-hydrogen) atoms. The van der Waals surface area contributed by atoms with Crippen molar-refractivity contribution >= 4 is 29.9 Å². The van der Waals surface area contributed by atoms with Gasteiger partial charge in [0.15, 0.2) is 5.96 Å². The number of nitrogens with zero attached hydrogens (tertiary/aromatic N) is 4. The van der Waals surface area contributed by atoms with Crippen LogP contribution in [0.15, 0.2) is 35.6 Å². The lowest BCUT2D eigenvalue weighted by Gasteiger charge is -2.24. The predicted molar refractivity (Wildman–Crippen MR) is 121 cm³/mol. The highest BCUT2D eigenvalue weighted by Gasteiger charge is 2.16. The molecule has 1 heterocycles. The summed E-state index contributed by atoms with van der Waals surface area (Å²) >= 11 is 0. The van der Waals surface area contributed by atoms with Crippen LogP contribution in [0.4, 0.5) is 0 Å². The molecule has 0 aliphatic carbocycles. The molecule has 1 aromatic heterocycles. The Labute approximate surface area is 179 Å². The third-order valence-electron chi connectivity index (χ3n) is 4.31. The molecule has 0 aliphatic rings. The Morgan fingerprint density at radius 3 is 2.63 bits per heavy atom. The lowest BCUT2D eigenvalue weighted by molar-refractivity contribution is 0.298. The van der Waals surface area contributed by atoms with Gasteiger partial charge in [0.25, 0.3) is 0 Å². The zero-order valence-electron chi connectivity index (χ0n) is 17.0. The fourth-order valence-corrected chi connectivity index (χ4v) is 2.80. The summed E-state index contributed by atoms with van der Waals surface area (Å²) in [5, 5.41) is 11.0. The molecule has 0 saturated carbocycles. The van der Waals surface area contributed by atoms with Crippen LogP contribution in [0.25, 0.3) is 0 Å². The number of hydrogen-bond donors (Lipinski definition) is 2. The highest BCUT2D eigenvalue weighted by Crippen LogP contribution is 2.19. The van der Waals surface area contributed by atoms with Crippen LogP contribution in [0.3, 0.4) is 0 Å². The SMILES string of the molecule is CN=C(NCc1ccc(C)cc1OC)NCC(c1cnn(C)c1)N(C)C.I. The van der Waals surface area contributed by atoms with Gasteiger partial charge in [0.2, 0.25) is 0 Å². The van der Waals surface area contributed by atoms with Crippen LogP contribution in [-0.4, -0.2) is 55.4 Å². The molecule has 0 amide bonds. The Balaban J connectivity index is 0.00000364. The quantitative estimate of drug-likeness (QED) is 0.358. The van der Waals surface area contributed by atoms with Crippen molar-refractivity contribution in [1.82, 2.24) is 25.3 Å². The summed E-state index contributed by atoms with van der Waals surface area (Å²) in [5.74, 6) is 1.64. The second-order valence-electron chi connectivity index (χ2n) is 6.55. The average molecular weight is 486 g/mol. The van der Waals surface area contributed by atoms with Crippen LogP contribution < -0.4 is 15.4 Å². The maximum absolute atomic E-state index is 5.47. The fourth-order valence-electron chi connectivity index (χ4n) is 2.80. The zero-order valence-corrected chi connectivity index (χ0v) is 19.3. The summed E-state index contributed by atoms with van der Waals surface area (Å²) in [7, 11) is 9.52. The summed E-state index contributed by atoms with van der Waals surface area (Å²) in [6, 6.07) is 6.40. The molecule has 1 aromatic carbocycles. The highest BCUT2D eigenvalue weighted by molar-refractivity contribution is 14.0. The third kappa shape index (κ3) is 6.69. The Kier molecular flexibility index (Phi) is 9.57. The second kappa shape index (κ2) is 11.1. The van der Waals surface area contributed by atoms with E-state index in [9.17, 15) is 0 Å². The van der Waals surface area contributed by atoms with Gasteiger partial charge in [-0.25, -0.2) is 0 Å². The van der Waals surface area contributed by atoms with Gasteiger partial charge in [0.1, 0.15) is 5.75 Å². The standard InChI is InChI=1S/C19H30N6O.HI/c1-14-7-8-15(18(9-14)26-6)10-21-19(20-2)22-12-17(24(3)4)16-11-23-25(5)13-16;/h7-9,11,13,17H,10,12H2,1-6H3,(H2,20,21,22);1H. The van der Waals surface area contributed by atoms with Crippen LogP contribution in [-0.2, 0) is 13.6 Å². The van der Waals surface area contributed by atoms with Crippen LogP contribution in [0.5, 0.6) is 5.75 Å². The van der Waals surface area contributed by atoms with E-state index in [0.717, 1.165) is 23.8 Å². The minimum Gasteiger partial charge on any atom is -0.496 e. The molecule has 2 aromatic rings. The smallest absolute Gasteiger partial charge is 0.191 e. The Morgan fingerprint density at radius 2 is 2.07 bits per heavy atom. The first-order chi connectivity index (χ1) is 12.4. The van der Waals surface area contributed by atoms with Gasteiger partial charge in [-0.15, -0.1) is 24.0 Å². The Bertz CT molecular complexity index is 744. The van der Waals surface area contributed by atoms with Crippen molar-refractivity contribution in [1.29, 1.82) is 0 Å². The molecule has 8 heteroatoms. The van der Waals surface area contributed by atoms with E-state index in [-0.39, 0.29) is 30.0 Å². The van der Waals surface area contributed by atoms with Crippen LogP contribution in [0, 0.1) is 6.92 Å². The van der Waals surface area contributed by atoms with Gasteiger partial charge in [-0.1, -0.05) is 12.1 Å². The fraction of sp³-hybridized carbons (Fsp3) is 0.474. The van der Waals surface area contributed by atoms with Crippen LogP contribution in [0.2, 0.25) is 0 Å². The molecule has 0 fully saturated rings. The predicted octanol–water partition coefficient (Wildman–Crippen LogP) is 2.32. The number of nitrogens with one attached hydrogen (secondary N) is 2. The van der Waals surface area contributed by atoms with E-state index in [0.29, 0.717) is 6.54 Å². The number of ether oxygens (including phenoxy) is 1. The maximum atomic E-state index is 5.47. The van der Waals surface area contributed by atoms with Crippen molar-refractivity contribution in [2.75, 3.05) is 34.8 Å². The van der Waals surface area contributed by atoms with Gasteiger partial charge in [-0.3, -0.25) is 9.67 Å². The number of hydrogen-bond acceptors (Lipinski definition) is 4. The van der Waals surface area contributed by atoms with Crippen molar-refractivity contribution in [3.8, 4) is 5.75 Å². The van der Waals surface area contributed by atoms with Crippen molar-refractivity contribution < 1.29 is 4.74 Å². The number of methoxy groups -OCH3 is 1. The van der Waals surface area contributed by atoms with Gasteiger partial charge in [0.05, 0.1) is 19.3 Å². The molecule has 2 rings (SSSR count). The third-order valence-corrected chi connectivity index (χ3v) is 4.31. The molecule has 7 nitrogen and oxygen atoms in total. The molecule has 1 atom stereocenters. The number of aliphatic imine (C=N–C) groups is 1. The van der Waals surface area contributed by atoms with E-state index in [1.165, 1.54) is 11.1 Å². The summed E-state index contributed by atoms with van der Waals surface area (Å²) in [6.07, 6.45) is 3.94. The summed E-state index contributed by atoms with van der Waals surface area (Å²) < 4.78 is 7.29. The van der Waals surface area contributed by atoms with E-state index < -0.39 is 0 Å². The highest BCUT2D eigenvalue weighted by atomic mass is 127. The van der Waals surface area contributed by atoms with Crippen molar-refractivity contribution in [2.24, 2.45) is 12.0 Å². The molecule has 2 N–H and O–H groups in total. The van der Waals surface area contributed by atoms with Crippen molar-refractivity contribution in [2.45, 2.75) is 19.5 Å². The zero-order chi connectivity index (χ0) is 19.1. The molecule has 1 unspecified atom stereocenters. The van der Waals surface area contributed by atoms with Gasteiger partial charge >= 0.3 is 0 Å². The molecular weight excluding hydrogens is 455 g/mol. The normalized spacial score (nSPS) is 12.5. The minimum absolute atomic E-state index is 0. The second-order valence-corrected chi connectivity index (χ2v) is 6.55. The largest absolute Gasteiger partial charge is 0.496 e. The lowest BCUT2D eigenvalue weighted by atomic mass is 10.1. The number of aryl methyl sites for hydroxylation is 2. The number of benzene rings is 1. The van der Waals surface area contributed by atoms with Gasteiger partial charge in [0, 0.05) is 44.5 Å². The maximum Gasteiger partial charge on any atom is 0.191 e. The monoisotopic (exact) mass is 486 g/mol. The van der Waals surface area contributed by atoms with Gasteiger partial charge in [-0.05, 0) is 32.6 Å². The van der Waals surface area contributed by atoms with E-state index in [2.05, 4.69) is 58.8 Å². The van der Waals surface area contributed by atoms with Gasteiger partial charge in [-0.2, -0.15) is 5.10 Å². The average Bonchev–Trinajstić information content (AvgIpc) is 3.04. The molecule has 0 saturated heterocycles. The first-order valence-corrected chi connectivity index (χ1v) is 8.67. The van der Waals surface area contributed by atoms with E-state index >= 15 is 0 Å². The van der Waals surface area contributed by atoms with E-state index in [4.69, 9.17) is 4.74 Å². The van der Waals surface area contributed by atoms with Crippen molar-refractivity contribution in [3.05, 3.63) is 47.3 Å². The number of aromatic nitrogens is 2. The topological polar surface area (TPSA) is 66.7 Å². The number of halogens is 1. The number of likely N-dealkylation sites (N-methyl/N-ethyl adjacent to an activating group) is 1. The summed E-state index contributed by atoms with van der Waals surface area (Å²) in [4.78, 5) is 6.49. The molecule has 0 bridgehead atoms. The number of rotatable bonds is 7. The first kappa shape index (κ1) is 23.2. The van der Waals surface area contributed by atoms with Crippen LogP contribution >= 0.6 is 24.0 Å². The van der Waals surface area contributed by atoms with E-state index in [1.807, 2.05) is 30.2 Å². The van der Waals surface area contributed by atoms with Crippen molar-refractivity contribution in [3.63, 3.8) is 0 Å². The summed E-state index contributed by atoms with van der Waals surface area (Å²) in [6.45, 7) is 3.42. The molecular formula is C19H31IN6O. The minimum atomic E-state index is 0. The molecule has 0 spiro atoms. The molecule has 0 aliphatic heterocycles. The molecule has 0 radical (unpaired) electrons. The van der Waals surface area contributed by atoms with Crippen LogP contribution in [0.1, 0.15) is 22.7 Å². The summed E-state index contributed by atoms with van der Waals surface area (Å²) in [5.41, 5.74) is 3.44. The Morgan fingerprint density at radius 1 is 1.33 bits per heavy atom. The first-order valence-electron chi connectivity index (χ1n) is 8.67. The molecule has 150 valence electrons. The number of guanidine groups is 1. The van der Waals surface area contributed by atoms with Gasteiger partial charge < -0.3 is 20.3 Å². The Hall–Kier alpha value is -1.81.